The fourth-order valence-electron chi connectivity index (χ4n) is 1.30. The Morgan fingerprint density at radius 1 is 1.57 bits per heavy atom. The predicted molar refractivity (Wildman–Crippen MR) is 59.7 cm³/mol. The van der Waals surface area contributed by atoms with Gasteiger partial charge in [-0.05, 0) is 18.4 Å². The molecule has 0 fully saturated rings. The van der Waals surface area contributed by atoms with Gasteiger partial charge in [0.05, 0.1) is 11.6 Å². The number of ether oxygens (including phenoxy) is 1. The molecule has 1 aromatic heterocycles. The summed E-state index contributed by atoms with van der Waals surface area (Å²) in [6, 6.07) is 3.70. The lowest BCUT2D eigenvalue weighted by molar-refractivity contribution is 0.319. The molecule has 2 nitrogen and oxygen atoms in total. The van der Waals surface area contributed by atoms with Gasteiger partial charge in [0.25, 0.3) is 0 Å². The summed E-state index contributed by atoms with van der Waals surface area (Å²) in [6.45, 7) is 2.38. The van der Waals surface area contributed by atoms with Crippen molar-refractivity contribution in [1.29, 1.82) is 0 Å². The van der Waals surface area contributed by atoms with E-state index in [4.69, 9.17) is 16.3 Å². The molecule has 14 heavy (non-hydrogen) atoms. The van der Waals surface area contributed by atoms with Crippen LogP contribution < -0.4 is 4.74 Å². The number of fused-ring (bicyclic) bond motifs is 1. The molecule has 0 unspecified atom stereocenters. The molecule has 1 heterocycles. The van der Waals surface area contributed by atoms with Crippen molar-refractivity contribution in [3.05, 3.63) is 22.5 Å². The van der Waals surface area contributed by atoms with Crippen LogP contribution in [-0.2, 0) is 0 Å². The molecule has 0 saturated heterocycles. The summed E-state index contributed by atoms with van der Waals surface area (Å²) in [5.74, 6) is 0.479. The van der Waals surface area contributed by atoms with Crippen LogP contribution in [0, 0.1) is 0 Å². The second-order valence-electron chi connectivity index (χ2n) is 2.80. The maximum absolute atomic E-state index is 9.69. The van der Waals surface area contributed by atoms with E-state index in [0.717, 1.165) is 10.1 Å². The minimum Gasteiger partial charge on any atom is -0.503 e. The van der Waals surface area contributed by atoms with Gasteiger partial charge in [0.2, 0.25) is 0 Å². The maximum atomic E-state index is 9.69. The first kappa shape index (κ1) is 9.62. The summed E-state index contributed by atoms with van der Waals surface area (Å²) in [4.78, 5) is 0. The standard InChI is InChI=1S/C10H9ClO2S/c1-2-13-7-5-8-6(3-4-14-8)9(11)10(7)12/h3-5,12H,2H2,1H3. The third kappa shape index (κ3) is 1.42. The molecule has 0 aliphatic rings. The van der Waals surface area contributed by atoms with Crippen molar-refractivity contribution in [3.8, 4) is 11.5 Å². The van der Waals surface area contributed by atoms with Gasteiger partial charge in [-0.3, -0.25) is 0 Å². The minimum atomic E-state index is 0.0272. The number of hydrogen-bond donors (Lipinski definition) is 1. The molecule has 0 aliphatic carbocycles. The first-order valence-electron chi connectivity index (χ1n) is 4.25. The Bertz CT molecular complexity index is 464. The van der Waals surface area contributed by atoms with Gasteiger partial charge < -0.3 is 9.84 Å². The molecule has 4 heteroatoms. The first-order chi connectivity index (χ1) is 6.74. The van der Waals surface area contributed by atoms with E-state index in [9.17, 15) is 5.11 Å². The van der Waals surface area contributed by atoms with Gasteiger partial charge in [-0.1, -0.05) is 11.6 Å². The van der Waals surface area contributed by atoms with Crippen molar-refractivity contribution in [1.82, 2.24) is 0 Å². The van der Waals surface area contributed by atoms with Crippen molar-refractivity contribution in [2.75, 3.05) is 6.61 Å². The highest BCUT2D eigenvalue weighted by Crippen LogP contribution is 2.41. The van der Waals surface area contributed by atoms with Gasteiger partial charge in [0.1, 0.15) is 0 Å². The highest BCUT2D eigenvalue weighted by molar-refractivity contribution is 7.17. The lowest BCUT2D eigenvalue weighted by Gasteiger charge is -2.07. The molecule has 0 aliphatic heterocycles. The van der Waals surface area contributed by atoms with E-state index in [2.05, 4.69) is 0 Å². The number of hydrogen-bond acceptors (Lipinski definition) is 3. The summed E-state index contributed by atoms with van der Waals surface area (Å²) >= 11 is 7.56. The average Bonchev–Trinajstić information content (AvgIpc) is 2.62. The SMILES string of the molecule is CCOc1cc2sccc2c(Cl)c1O. The van der Waals surface area contributed by atoms with E-state index in [-0.39, 0.29) is 5.75 Å². The molecule has 0 bridgehead atoms. The molecule has 0 spiro atoms. The predicted octanol–water partition coefficient (Wildman–Crippen LogP) is 3.66. The van der Waals surface area contributed by atoms with Crippen LogP contribution in [0.2, 0.25) is 5.02 Å². The van der Waals surface area contributed by atoms with Gasteiger partial charge in [0, 0.05) is 16.2 Å². The first-order valence-corrected chi connectivity index (χ1v) is 5.51. The maximum Gasteiger partial charge on any atom is 0.177 e. The van der Waals surface area contributed by atoms with Crippen molar-refractivity contribution >= 4 is 33.0 Å². The summed E-state index contributed by atoms with van der Waals surface area (Å²) in [6.07, 6.45) is 0. The van der Waals surface area contributed by atoms with Crippen LogP contribution in [0.25, 0.3) is 10.1 Å². The Labute approximate surface area is 90.7 Å². The molecule has 0 radical (unpaired) electrons. The van der Waals surface area contributed by atoms with Crippen LogP contribution in [0.15, 0.2) is 17.5 Å². The molecule has 74 valence electrons. The largest absolute Gasteiger partial charge is 0.503 e. The molecular weight excluding hydrogens is 220 g/mol. The lowest BCUT2D eigenvalue weighted by Crippen LogP contribution is -1.91. The Morgan fingerprint density at radius 3 is 3.07 bits per heavy atom. The van der Waals surface area contributed by atoms with Crippen LogP contribution in [0.4, 0.5) is 0 Å². The Hall–Kier alpha value is -0.930. The molecule has 2 rings (SSSR count). The Morgan fingerprint density at radius 2 is 2.36 bits per heavy atom. The summed E-state index contributed by atoms with van der Waals surface area (Å²) in [5.41, 5.74) is 0. The number of aromatic hydroxyl groups is 1. The van der Waals surface area contributed by atoms with Crippen molar-refractivity contribution in [3.63, 3.8) is 0 Å². The van der Waals surface area contributed by atoms with Gasteiger partial charge in [-0.25, -0.2) is 0 Å². The topological polar surface area (TPSA) is 29.5 Å². The average molecular weight is 229 g/mol. The number of phenols is 1. The summed E-state index contributed by atoms with van der Waals surface area (Å²) in [5, 5.41) is 12.9. The number of halogens is 1. The van der Waals surface area contributed by atoms with Gasteiger partial charge in [0.15, 0.2) is 11.5 Å². The summed E-state index contributed by atoms with van der Waals surface area (Å²) < 4.78 is 6.29. The molecule has 0 saturated carbocycles. The third-order valence-electron chi connectivity index (χ3n) is 1.93. The monoisotopic (exact) mass is 228 g/mol. The zero-order valence-corrected chi connectivity index (χ0v) is 9.15. The fourth-order valence-corrected chi connectivity index (χ4v) is 2.44. The number of thiophene rings is 1. The highest BCUT2D eigenvalue weighted by atomic mass is 35.5. The highest BCUT2D eigenvalue weighted by Gasteiger charge is 2.12. The third-order valence-corrected chi connectivity index (χ3v) is 3.18. The van der Waals surface area contributed by atoms with Crippen LogP contribution >= 0.6 is 22.9 Å². The van der Waals surface area contributed by atoms with E-state index >= 15 is 0 Å². The zero-order valence-electron chi connectivity index (χ0n) is 7.58. The minimum absolute atomic E-state index is 0.0272. The van der Waals surface area contributed by atoms with Crippen LogP contribution in [0.1, 0.15) is 6.92 Å². The number of phenolic OH excluding ortho intramolecular Hbond substituents is 1. The summed E-state index contributed by atoms with van der Waals surface area (Å²) in [7, 11) is 0. The van der Waals surface area contributed by atoms with Crippen LogP contribution in [-0.4, -0.2) is 11.7 Å². The Balaban J connectivity index is 2.67. The molecule has 0 amide bonds. The van der Waals surface area contributed by atoms with Gasteiger partial charge in [-0.15, -0.1) is 11.3 Å². The zero-order chi connectivity index (χ0) is 10.1. The van der Waals surface area contributed by atoms with Crippen LogP contribution in [0.3, 0.4) is 0 Å². The quantitative estimate of drug-likeness (QED) is 0.850. The normalized spacial score (nSPS) is 10.7. The van der Waals surface area contributed by atoms with Crippen molar-refractivity contribution in [2.24, 2.45) is 0 Å². The molecule has 0 atom stereocenters. The lowest BCUT2D eigenvalue weighted by atomic mass is 10.2. The van der Waals surface area contributed by atoms with E-state index in [0.29, 0.717) is 17.4 Å². The molecule has 1 aromatic carbocycles. The fraction of sp³-hybridized carbons (Fsp3) is 0.200. The van der Waals surface area contributed by atoms with Gasteiger partial charge in [-0.2, -0.15) is 0 Å². The van der Waals surface area contributed by atoms with E-state index in [1.807, 2.05) is 24.4 Å². The number of benzene rings is 1. The van der Waals surface area contributed by atoms with Crippen LogP contribution in [0.5, 0.6) is 11.5 Å². The molecular formula is C10H9ClO2S. The van der Waals surface area contributed by atoms with E-state index in [1.165, 1.54) is 0 Å². The van der Waals surface area contributed by atoms with Crippen molar-refractivity contribution < 1.29 is 9.84 Å². The van der Waals surface area contributed by atoms with Gasteiger partial charge >= 0.3 is 0 Å². The Kier molecular flexibility index (Phi) is 2.52. The second-order valence-corrected chi connectivity index (χ2v) is 4.13. The second kappa shape index (κ2) is 3.67. The van der Waals surface area contributed by atoms with E-state index < -0.39 is 0 Å². The smallest absolute Gasteiger partial charge is 0.177 e. The molecule has 2 aromatic rings. The van der Waals surface area contributed by atoms with Crippen molar-refractivity contribution in [2.45, 2.75) is 6.92 Å². The van der Waals surface area contributed by atoms with E-state index in [1.54, 1.807) is 11.3 Å². The number of rotatable bonds is 2. The molecule has 1 N–H and O–H groups in total.